The summed E-state index contributed by atoms with van der Waals surface area (Å²) in [5, 5.41) is 15.5. The largest absolute Gasteiger partial charge is 0.307 e. The maximum absolute atomic E-state index is 5.55. The van der Waals surface area contributed by atoms with E-state index in [0.717, 1.165) is 11.1 Å². The van der Waals surface area contributed by atoms with Crippen LogP contribution in [0.1, 0.15) is 11.1 Å². The van der Waals surface area contributed by atoms with E-state index in [0.29, 0.717) is 21.3 Å². The Labute approximate surface area is 125 Å². The number of hydrogen-bond acceptors (Lipinski definition) is 6. The summed E-state index contributed by atoms with van der Waals surface area (Å²) in [6.45, 7) is 3.67. The number of aromatic nitrogens is 4. The molecule has 0 aliphatic carbocycles. The summed E-state index contributed by atoms with van der Waals surface area (Å²) in [6.07, 6.45) is 0. The molecule has 102 valence electrons. The number of hydrogen-bond donors (Lipinski definition) is 2. The summed E-state index contributed by atoms with van der Waals surface area (Å²) in [6, 6.07) is 3.35. The Bertz CT molecular complexity index is 563. The molecule has 2 heterocycles. The van der Waals surface area contributed by atoms with Crippen molar-refractivity contribution in [2.75, 3.05) is 5.43 Å². The van der Waals surface area contributed by atoms with Crippen LogP contribution in [0.2, 0.25) is 15.5 Å². The lowest BCUT2D eigenvalue weighted by molar-refractivity contribution is 1.01. The molecule has 6 nitrogen and oxygen atoms in total. The van der Waals surface area contributed by atoms with Crippen molar-refractivity contribution in [3.63, 3.8) is 0 Å². The third-order valence-electron chi connectivity index (χ3n) is 1.99. The second-order valence-corrected chi connectivity index (χ2v) is 4.62. The second-order valence-electron chi connectivity index (χ2n) is 3.48. The minimum Gasteiger partial charge on any atom is -0.307 e. The van der Waals surface area contributed by atoms with Crippen LogP contribution in [0.25, 0.3) is 0 Å². The summed E-state index contributed by atoms with van der Waals surface area (Å²) in [4.78, 5) is 0. The summed E-state index contributed by atoms with van der Waals surface area (Å²) < 4.78 is 0. The Balaban J connectivity index is 0.000000191. The Hall–Kier alpha value is -1.21. The molecule has 0 amide bonds. The van der Waals surface area contributed by atoms with Crippen LogP contribution in [0.15, 0.2) is 12.1 Å². The molecule has 2 aromatic rings. The van der Waals surface area contributed by atoms with Gasteiger partial charge in [-0.25, -0.2) is 5.84 Å². The van der Waals surface area contributed by atoms with Crippen LogP contribution in [0, 0.1) is 13.8 Å². The first-order valence-electron chi connectivity index (χ1n) is 5.05. The molecule has 0 unspecified atom stereocenters. The van der Waals surface area contributed by atoms with E-state index in [1.165, 1.54) is 0 Å². The number of anilines is 1. The molecule has 0 radical (unpaired) electrons. The number of nitrogens with one attached hydrogen (secondary N) is 1. The van der Waals surface area contributed by atoms with Crippen molar-refractivity contribution in [2.45, 2.75) is 13.8 Å². The van der Waals surface area contributed by atoms with E-state index in [4.69, 9.17) is 40.6 Å². The molecule has 0 aliphatic heterocycles. The molecule has 0 aliphatic rings. The standard InChI is InChI=1S/C5H4Cl2N2.C5H7ClN4/c1-3-2-4(6)8-9-5(3)7;1-3-2-4(6)9-10-5(3)8-7/h2H,1H3;2H,7H2,1H3,(H,8,10). The molecule has 19 heavy (non-hydrogen) atoms. The highest BCUT2D eigenvalue weighted by Gasteiger charge is 1.98. The van der Waals surface area contributed by atoms with Gasteiger partial charge in [0.2, 0.25) is 0 Å². The van der Waals surface area contributed by atoms with Gasteiger partial charge in [0.05, 0.1) is 0 Å². The van der Waals surface area contributed by atoms with Crippen LogP contribution in [0.4, 0.5) is 5.82 Å². The Morgan fingerprint density at radius 1 is 0.895 bits per heavy atom. The molecular weight excluding hydrogens is 311 g/mol. The van der Waals surface area contributed by atoms with Crippen LogP contribution in [0.3, 0.4) is 0 Å². The molecule has 2 rings (SSSR count). The molecule has 0 spiro atoms. The fourth-order valence-electron chi connectivity index (χ4n) is 1.03. The monoisotopic (exact) mass is 320 g/mol. The topological polar surface area (TPSA) is 89.6 Å². The average Bonchev–Trinajstić information content (AvgIpc) is 2.35. The minimum atomic E-state index is 0.372. The Morgan fingerprint density at radius 2 is 1.42 bits per heavy atom. The van der Waals surface area contributed by atoms with Crippen molar-refractivity contribution < 1.29 is 0 Å². The van der Waals surface area contributed by atoms with E-state index in [9.17, 15) is 0 Å². The third kappa shape index (κ3) is 5.12. The SMILES string of the molecule is Cc1cc(Cl)nnc1Cl.Cc1cc(Cl)nnc1NN. The van der Waals surface area contributed by atoms with E-state index in [-0.39, 0.29) is 0 Å². The lowest BCUT2D eigenvalue weighted by atomic mass is 10.3. The fraction of sp³-hybridized carbons (Fsp3) is 0.200. The molecule has 0 aromatic carbocycles. The van der Waals surface area contributed by atoms with Gasteiger partial charge < -0.3 is 5.43 Å². The van der Waals surface area contributed by atoms with Crippen LogP contribution in [0.5, 0.6) is 0 Å². The molecule has 2 aromatic heterocycles. The highest BCUT2D eigenvalue weighted by Crippen LogP contribution is 2.13. The zero-order valence-corrected chi connectivity index (χ0v) is 12.4. The molecule has 3 N–H and O–H groups in total. The van der Waals surface area contributed by atoms with Gasteiger partial charge in [-0.1, -0.05) is 34.8 Å². The van der Waals surface area contributed by atoms with Crippen molar-refractivity contribution in [3.8, 4) is 0 Å². The lowest BCUT2D eigenvalue weighted by Crippen LogP contribution is -2.10. The Kier molecular flexibility index (Phi) is 6.17. The van der Waals surface area contributed by atoms with E-state index in [1.54, 1.807) is 12.1 Å². The number of nitrogens with two attached hydrogens (primary N) is 1. The predicted molar refractivity (Wildman–Crippen MR) is 76.4 cm³/mol. The lowest BCUT2D eigenvalue weighted by Gasteiger charge is -2.00. The van der Waals surface area contributed by atoms with E-state index in [2.05, 4.69) is 25.8 Å². The molecule has 0 saturated heterocycles. The van der Waals surface area contributed by atoms with E-state index in [1.807, 2.05) is 13.8 Å². The number of rotatable bonds is 1. The van der Waals surface area contributed by atoms with Crippen molar-refractivity contribution in [1.82, 2.24) is 20.4 Å². The normalized spacial score (nSPS) is 9.58. The first-order valence-corrected chi connectivity index (χ1v) is 6.19. The molecule has 0 bridgehead atoms. The van der Waals surface area contributed by atoms with Crippen molar-refractivity contribution in [3.05, 3.63) is 38.7 Å². The smallest absolute Gasteiger partial charge is 0.165 e. The molecule has 0 fully saturated rings. The zero-order chi connectivity index (χ0) is 14.4. The maximum Gasteiger partial charge on any atom is 0.165 e. The first-order chi connectivity index (χ1) is 8.93. The number of halogens is 3. The number of nitrogens with zero attached hydrogens (tertiary/aromatic N) is 4. The molecule has 9 heteroatoms. The van der Waals surface area contributed by atoms with Crippen molar-refractivity contribution >= 4 is 40.6 Å². The summed E-state index contributed by atoms with van der Waals surface area (Å²) in [5.41, 5.74) is 4.11. The summed E-state index contributed by atoms with van der Waals surface area (Å²) in [5.74, 6) is 5.65. The maximum atomic E-state index is 5.55. The third-order valence-corrected chi connectivity index (χ3v) is 2.73. The van der Waals surface area contributed by atoms with Crippen molar-refractivity contribution in [2.24, 2.45) is 5.84 Å². The molecular formula is C10H11Cl3N6. The van der Waals surface area contributed by atoms with Gasteiger partial charge in [-0.15, -0.1) is 20.4 Å². The summed E-state index contributed by atoms with van der Waals surface area (Å²) in [7, 11) is 0. The highest BCUT2D eigenvalue weighted by atomic mass is 35.5. The van der Waals surface area contributed by atoms with E-state index < -0.39 is 0 Å². The van der Waals surface area contributed by atoms with Crippen LogP contribution >= 0.6 is 34.8 Å². The second kappa shape index (κ2) is 7.40. The van der Waals surface area contributed by atoms with Crippen LogP contribution < -0.4 is 11.3 Å². The zero-order valence-electron chi connectivity index (χ0n) is 10.2. The van der Waals surface area contributed by atoms with Gasteiger partial charge in [-0.05, 0) is 37.1 Å². The van der Waals surface area contributed by atoms with Gasteiger partial charge in [0.15, 0.2) is 21.3 Å². The van der Waals surface area contributed by atoms with Gasteiger partial charge in [0.1, 0.15) is 0 Å². The van der Waals surface area contributed by atoms with Crippen molar-refractivity contribution in [1.29, 1.82) is 0 Å². The number of nitrogen functional groups attached to an aromatic ring is 1. The Morgan fingerprint density at radius 3 is 1.84 bits per heavy atom. The van der Waals surface area contributed by atoms with Gasteiger partial charge in [-0.3, -0.25) is 0 Å². The van der Waals surface area contributed by atoms with Gasteiger partial charge in [0.25, 0.3) is 0 Å². The van der Waals surface area contributed by atoms with Gasteiger partial charge in [-0.2, -0.15) is 0 Å². The average molecular weight is 322 g/mol. The quantitative estimate of drug-likeness (QED) is 0.620. The summed E-state index contributed by atoms with van der Waals surface area (Å²) >= 11 is 16.6. The number of aryl methyl sites for hydroxylation is 2. The molecule has 0 atom stereocenters. The van der Waals surface area contributed by atoms with Gasteiger partial charge in [0, 0.05) is 0 Å². The molecule has 0 saturated carbocycles. The fourth-order valence-corrected chi connectivity index (χ4v) is 1.53. The van der Waals surface area contributed by atoms with Gasteiger partial charge >= 0.3 is 0 Å². The predicted octanol–water partition coefficient (Wildman–Crippen LogP) is 2.82. The van der Waals surface area contributed by atoms with E-state index >= 15 is 0 Å². The van der Waals surface area contributed by atoms with Crippen LogP contribution in [-0.2, 0) is 0 Å². The van der Waals surface area contributed by atoms with Crippen LogP contribution in [-0.4, -0.2) is 20.4 Å². The number of hydrazine groups is 1. The highest BCUT2D eigenvalue weighted by molar-refractivity contribution is 6.31. The first kappa shape index (κ1) is 15.8. The minimum absolute atomic E-state index is 0.372.